The quantitative estimate of drug-likeness (QED) is 0.904. The lowest BCUT2D eigenvalue weighted by Gasteiger charge is -2.09. The number of pyridine rings is 1. The van der Waals surface area contributed by atoms with E-state index < -0.39 is 0 Å². The van der Waals surface area contributed by atoms with Gasteiger partial charge in [-0.15, -0.1) is 0 Å². The van der Waals surface area contributed by atoms with Gasteiger partial charge in [0.2, 0.25) is 5.88 Å². The minimum atomic E-state index is 0.494. The Morgan fingerprint density at radius 3 is 2.79 bits per heavy atom. The summed E-state index contributed by atoms with van der Waals surface area (Å²) in [5, 5.41) is 0. The summed E-state index contributed by atoms with van der Waals surface area (Å²) in [5.41, 5.74) is 7.78. The van der Waals surface area contributed by atoms with Crippen molar-refractivity contribution < 1.29 is 4.74 Å². The van der Waals surface area contributed by atoms with Gasteiger partial charge < -0.3 is 10.5 Å². The predicted octanol–water partition coefficient (Wildman–Crippen LogP) is 4.05. The van der Waals surface area contributed by atoms with Crippen molar-refractivity contribution in [1.82, 2.24) is 4.98 Å². The van der Waals surface area contributed by atoms with Gasteiger partial charge in [0.05, 0.1) is 0 Å². The summed E-state index contributed by atoms with van der Waals surface area (Å²) in [5.74, 6) is 1.36. The van der Waals surface area contributed by atoms with E-state index in [0.717, 1.165) is 34.3 Å². The maximum Gasteiger partial charge on any atom is 0.219 e. The molecular formula is C15H17BrN2O. The molecule has 0 saturated carbocycles. The first-order valence-corrected chi connectivity index (χ1v) is 7.14. The highest BCUT2D eigenvalue weighted by Crippen LogP contribution is 2.24. The van der Waals surface area contributed by atoms with Crippen LogP contribution < -0.4 is 10.5 Å². The molecule has 0 unspecified atom stereocenters. The Labute approximate surface area is 121 Å². The SMILES string of the molecule is CCCc1cc(CN)cc(Oc2cccc(Br)c2)n1. The van der Waals surface area contributed by atoms with E-state index in [-0.39, 0.29) is 0 Å². The number of hydrogen-bond acceptors (Lipinski definition) is 3. The Hall–Kier alpha value is -1.39. The first kappa shape index (κ1) is 14.0. The zero-order valence-electron chi connectivity index (χ0n) is 10.9. The van der Waals surface area contributed by atoms with Gasteiger partial charge in [0.15, 0.2) is 0 Å². The lowest BCUT2D eigenvalue weighted by Crippen LogP contribution is -2.01. The van der Waals surface area contributed by atoms with Crippen LogP contribution >= 0.6 is 15.9 Å². The minimum Gasteiger partial charge on any atom is -0.439 e. The molecule has 0 aliphatic rings. The first-order valence-electron chi connectivity index (χ1n) is 6.34. The fraction of sp³-hybridized carbons (Fsp3) is 0.267. The highest BCUT2D eigenvalue weighted by atomic mass is 79.9. The highest BCUT2D eigenvalue weighted by molar-refractivity contribution is 9.10. The largest absolute Gasteiger partial charge is 0.439 e. The topological polar surface area (TPSA) is 48.1 Å². The molecule has 2 rings (SSSR count). The normalized spacial score (nSPS) is 10.5. The number of hydrogen-bond donors (Lipinski definition) is 1. The van der Waals surface area contributed by atoms with E-state index in [1.165, 1.54) is 0 Å². The van der Waals surface area contributed by atoms with Gasteiger partial charge in [-0.25, -0.2) is 4.98 Å². The monoisotopic (exact) mass is 320 g/mol. The van der Waals surface area contributed by atoms with Crippen molar-refractivity contribution in [3.8, 4) is 11.6 Å². The molecule has 2 N–H and O–H groups in total. The van der Waals surface area contributed by atoms with E-state index in [9.17, 15) is 0 Å². The maximum atomic E-state index is 5.79. The average Bonchev–Trinajstić information content (AvgIpc) is 2.39. The van der Waals surface area contributed by atoms with E-state index in [4.69, 9.17) is 10.5 Å². The summed E-state index contributed by atoms with van der Waals surface area (Å²) in [6, 6.07) is 11.6. The van der Waals surface area contributed by atoms with Crippen molar-refractivity contribution >= 4 is 15.9 Å². The average molecular weight is 321 g/mol. The van der Waals surface area contributed by atoms with Gasteiger partial charge >= 0.3 is 0 Å². The molecular weight excluding hydrogens is 304 g/mol. The Morgan fingerprint density at radius 2 is 2.11 bits per heavy atom. The fourth-order valence-corrected chi connectivity index (χ4v) is 2.20. The molecule has 100 valence electrons. The molecule has 2 aromatic rings. The number of benzene rings is 1. The lowest BCUT2D eigenvalue weighted by molar-refractivity contribution is 0.459. The Morgan fingerprint density at radius 1 is 1.26 bits per heavy atom. The second kappa shape index (κ2) is 6.68. The van der Waals surface area contributed by atoms with Gasteiger partial charge in [0, 0.05) is 22.8 Å². The smallest absolute Gasteiger partial charge is 0.219 e. The number of halogens is 1. The van der Waals surface area contributed by atoms with Gasteiger partial charge in [-0.2, -0.15) is 0 Å². The van der Waals surface area contributed by atoms with Gasteiger partial charge in [-0.3, -0.25) is 0 Å². The Bertz CT molecular complexity index is 558. The van der Waals surface area contributed by atoms with E-state index in [1.54, 1.807) is 0 Å². The summed E-state index contributed by atoms with van der Waals surface area (Å²) < 4.78 is 6.77. The van der Waals surface area contributed by atoms with Crippen LogP contribution in [-0.2, 0) is 13.0 Å². The molecule has 1 aromatic heterocycles. The molecule has 0 spiro atoms. The van der Waals surface area contributed by atoms with Crippen LogP contribution in [0.25, 0.3) is 0 Å². The molecule has 19 heavy (non-hydrogen) atoms. The molecule has 0 bridgehead atoms. The Balaban J connectivity index is 2.26. The van der Waals surface area contributed by atoms with Gasteiger partial charge in [0.25, 0.3) is 0 Å². The van der Waals surface area contributed by atoms with Crippen LogP contribution in [0.15, 0.2) is 40.9 Å². The highest BCUT2D eigenvalue weighted by Gasteiger charge is 2.04. The van der Waals surface area contributed by atoms with Gasteiger partial charge in [-0.1, -0.05) is 35.3 Å². The van der Waals surface area contributed by atoms with Crippen LogP contribution in [0.2, 0.25) is 0 Å². The van der Waals surface area contributed by atoms with Crippen molar-refractivity contribution in [2.24, 2.45) is 5.73 Å². The number of nitrogens with two attached hydrogens (primary N) is 1. The molecule has 0 saturated heterocycles. The third-order valence-corrected chi connectivity index (χ3v) is 3.17. The van der Waals surface area contributed by atoms with E-state index in [1.807, 2.05) is 36.4 Å². The lowest BCUT2D eigenvalue weighted by atomic mass is 10.1. The molecule has 1 aromatic carbocycles. The molecule has 0 atom stereocenters. The summed E-state index contributed by atoms with van der Waals surface area (Å²) in [6.45, 7) is 2.62. The number of aromatic nitrogens is 1. The minimum absolute atomic E-state index is 0.494. The molecule has 4 heteroatoms. The number of ether oxygens (including phenoxy) is 1. The zero-order valence-corrected chi connectivity index (χ0v) is 12.5. The standard InChI is InChI=1S/C15H17BrN2O/c1-2-4-13-7-11(10-17)8-15(18-13)19-14-6-3-5-12(16)9-14/h3,5-9H,2,4,10,17H2,1H3. The van der Waals surface area contributed by atoms with Crippen LogP contribution in [0, 0.1) is 0 Å². The van der Waals surface area contributed by atoms with Crippen molar-refractivity contribution in [2.45, 2.75) is 26.3 Å². The molecule has 0 radical (unpaired) electrons. The van der Waals surface area contributed by atoms with E-state index >= 15 is 0 Å². The number of aryl methyl sites for hydroxylation is 1. The van der Waals surface area contributed by atoms with E-state index in [2.05, 4.69) is 27.8 Å². The second-order valence-corrected chi connectivity index (χ2v) is 5.23. The molecule has 0 aliphatic heterocycles. The van der Waals surface area contributed by atoms with E-state index in [0.29, 0.717) is 12.4 Å². The summed E-state index contributed by atoms with van der Waals surface area (Å²) >= 11 is 3.42. The van der Waals surface area contributed by atoms with Crippen molar-refractivity contribution in [2.75, 3.05) is 0 Å². The molecule has 0 amide bonds. The van der Waals surface area contributed by atoms with Crippen molar-refractivity contribution in [3.63, 3.8) is 0 Å². The van der Waals surface area contributed by atoms with Crippen LogP contribution in [0.4, 0.5) is 0 Å². The molecule has 0 fully saturated rings. The third kappa shape index (κ3) is 4.04. The van der Waals surface area contributed by atoms with Crippen LogP contribution in [0.3, 0.4) is 0 Å². The first-order chi connectivity index (χ1) is 9.21. The summed E-state index contributed by atoms with van der Waals surface area (Å²) in [4.78, 5) is 4.50. The molecule has 3 nitrogen and oxygen atoms in total. The van der Waals surface area contributed by atoms with Crippen LogP contribution in [-0.4, -0.2) is 4.98 Å². The van der Waals surface area contributed by atoms with Crippen LogP contribution in [0.5, 0.6) is 11.6 Å². The van der Waals surface area contributed by atoms with Crippen molar-refractivity contribution in [3.05, 3.63) is 52.1 Å². The Kier molecular flexibility index (Phi) is 4.93. The maximum absolute atomic E-state index is 5.79. The summed E-state index contributed by atoms with van der Waals surface area (Å²) in [7, 11) is 0. The molecule has 1 heterocycles. The second-order valence-electron chi connectivity index (χ2n) is 4.32. The predicted molar refractivity (Wildman–Crippen MR) is 80.3 cm³/mol. The van der Waals surface area contributed by atoms with Gasteiger partial charge in [-0.05, 0) is 36.2 Å². The zero-order chi connectivity index (χ0) is 13.7. The summed E-state index contributed by atoms with van der Waals surface area (Å²) in [6.07, 6.45) is 1.99. The third-order valence-electron chi connectivity index (χ3n) is 2.68. The van der Waals surface area contributed by atoms with Crippen molar-refractivity contribution in [1.29, 1.82) is 0 Å². The number of rotatable bonds is 5. The number of nitrogens with zero attached hydrogens (tertiary/aromatic N) is 1. The fourth-order valence-electron chi connectivity index (χ4n) is 1.83. The van der Waals surface area contributed by atoms with Crippen LogP contribution in [0.1, 0.15) is 24.6 Å². The molecule has 0 aliphatic carbocycles. The van der Waals surface area contributed by atoms with Gasteiger partial charge in [0.1, 0.15) is 5.75 Å².